The van der Waals surface area contributed by atoms with Gasteiger partial charge in [0.2, 0.25) is 0 Å². The maximum Gasteiger partial charge on any atom is 0.333 e. The first-order valence-electron chi connectivity index (χ1n) is 12.4. The number of hydrogen-bond donors (Lipinski definition) is 1. The van der Waals surface area contributed by atoms with Gasteiger partial charge in [-0.25, -0.2) is 4.79 Å². The molecule has 3 rings (SSSR count). The number of H-pyrrole nitrogens is 1. The minimum absolute atomic E-state index is 0.167. The van der Waals surface area contributed by atoms with Gasteiger partial charge in [0, 0.05) is 17.3 Å². The predicted octanol–water partition coefficient (Wildman–Crippen LogP) is 4.47. The summed E-state index contributed by atoms with van der Waals surface area (Å²) >= 11 is 0. The molecule has 1 N–H and O–H groups in total. The first kappa shape index (κ1) is 27.3. The van der Waals surface area contributed by atoms with E-state index < -0.39 is 50.9 Å². The highest BCUT2D eigenvalue weighted by molar-refractivity contribution is 6.89. The molecule has 0 amide bonds. The lowest BCUT2D eigenvalue weighted by Crippen LogP contribution is -2.66. The molecule has 0 aromatic carbocycles. The average molecular weight is 511 g/mol. The molecule has 0 unspecified atom stereocenters. The summed E-state index contributed by atoms with van der Waals surface area (Å²) in [4.78, 5) is 39.9. The molecule has 2 fully saturated rings. The smallest absolute Gasteiger partial charge is 0.333 e. The quantitative estimate of drug-likeness (QED) is 0.448. The lowest BCUT2D eigenvalue weighted by molar-refractivity contribution is -0.123. The molecule has 0 spiro atoms. The van der Waals surface area contributed by atoms with Crippen LogP contribution in [-0.4, -0.2) is 45.4 Å². The maximum atomic E-state index is 13.1. The number of ether oxygens (including phenoxy) is 1. The molecule has 34 heavy (non-hydrogen) atoms. The van der Waals surface area contributed by atoms with E-state index in [0.29, 0.717) is 6.61 Å². The van der Waals surface area contributed by atoms with E-state index in [0.717, 1.165) is 6.29 Å². The van der Waals surface area contributed by atoms with Crippen LogP contribution in [0.1, 0.15) is 75.5 Å². The number of aldehydes is 1. The fraction of sp³-hybridized carbons (Fsp3) is 0.792. The van der Waals surface area contributed by atoms with Gasteiger partial charge >= 0.3 is 14.3 Å². The monoisotopic (exact) mass is 510 g/mol. The van der Waals surface area contributed by atoms with E-state index in [1.165, 1.54) is 16.8 Å². The summed E-state index contributed by atoms with van der Waals surface area (Å²) in [6.07, 6.45) is 1.05. The Morgan fingerprint density at radius 2 is 1.59 bits per heavy atom. The van der Waals surface area contributed by atoms with E-state index in [4.69, 9.17) is 13.3 Å². The molecule has 3 heterocycles. The molecule has 2 saturated heterocycles. The number of fused-ring (bicyclic) bond motifs is 1. The van der Waals surface area contributed by atoms with Gasteiger partial charge in [-0.15, -0.1) is 0 Å². The highest BCUT2D eigenvalue weighted by Crippen LogP contribution is 2.71. The summed E-state index contributed by atoms with van der Waals surface area (Å²) in [6, 6.07) is 1.28. The van der Waals surface area contributed by atoms with Gasteiger partial charge in [0.05, 0.1) is 18.1 Å². The molecule has 1 aromatic rings. The van der Waals surface area contributed by atoms with Crippen LogP contribution in [0.3, 0.4) is 0 Å². The van der Waals surface area contributed by atoms with Crippen molar-refractivity contribution in [3.05, 3.63) is 33.1 Å². The maximum absolute atomic E-state index is 13.1. The van der Waals surface area contributed by atoms with Crippen molar-refractivity contribution in [2.45, 2.75) is 109 Å². The summed E-state index contributed by atoms with van der Waals surface area (Å²) < 4.78 is 22.3. The zero-order chi connectivity index (χ0) is 25.9. The van der Waals surface area contributed by atoms with E-state index in [2.05, 4.69) is 67.3 Å². The fourth-order valence-corrected chi connectivity index (χ4v) is 21.8. The Labute approximate surface area is 204 Å². The number of aromatic nitrogens is 2. The zero-order valence-corrected chi connectivity index (χ0v) is 24.3. The normalized spacial score (nSPS) is 32.9. The van der Waals surface area contributed by atoms with Gasteiger partial charge < -0.3 is 18.1 Å². The summed E-state index contributed by atoms with van der Waals surface area (Å²) in [7, 11) is -5.58. The van der Waals surface area contributed by atoms with Crippen LogP contribution in [0.15, 0.2) is 21.9 Å². The lowest BCUT2D eigenvalue weighted by Gasteiger charge is -2.57. The van der Waals surface area contributed by atoms with Crippen molar-refractivity contribution in [1.29, 1.82) is 0 Å². The topological polar surface area (TPSA) is 99.6 Å². The number of hydrogen-bond acceptors (Lipinski definition) is 6. The van der Waals surface area contributed by atoms with Gasteiger partial charge in [-0.3, -0.25) is 14.3 Å². The lowest BCUT2D eigenvalue weighted by atomic mass is 9.76. The molecule has 0 radical (unpaired) electrons. The summed E-state index contributed by atoms with van der Waals surface area (Å²) in [5, 5.41) is -0.692. The second-order valence-corrected chi connectivity index (χ2v) is 21.4. The van der Waals surface area contributed by atoms with E-state index >= 15 is 0 Å². The third-order valence-corrected chi connectivity index (χ3v) is 21.2. The number of nitrogens with one attached hydrogen (secondary N) is 1. The van der Waals surface area contributed by atoms with Gasteiger partial charge in [0.15, 0.2) is 14.5 Å². The molecule has 1 aromatic heterocycles. The van der Waals surface area contributed by atoms with Crippen LogP contribution in [0.25, 0.3) is 0 Å². The highest BCUT2D eigenvalue weighted by atomic mass is 28.4. The third kappa shape index (κ3) is 3.43. The SMILES string of the molecule is CC(C)[Si]1(C(C)C)OC[C@H]2O[C@@H](n3ccc(=O)[nH]c3=O)[C@](C)(C=O)[C@@]2(C)[Si](C(C)C)(C(C)C)O1. The molecule has 4 atom stereocenters. The fourth-order valence-electron chi connectivity index (χ4n) is 7.00. The van der Waals surface area contributed by atoms with E-state index in [1.807, 2.05) is 6.92 Å². The first-order chi connectivity index (χ1) is 15.7. The van der Waals surface area contributed by atoms with Crippen molar-refractivity contribution < 1.29 is 18.1 Å². The van der Waals surface area contributed by atoms with Crippen molar-refractivity contribution in [3.8, 4) is 0 Å². The number of carbonyl (C=O) groups excluding carboxylic acids is 1. The van der Waals surface area contributed by atoms with Gasteiger partial charge in [0.1, 0.15) is 6.29 Å². The van der Waals surface area contributed by atoms with E-state index in [1.54, 1.807) is 0 Å². The number of aromatic amines is 1. The van der Waals surface area contributed by atoms with Gasteiger partial charge in [-0.05, 0) is 29.1 Å². The molecule has 0 bridgehead atoms. The summed E-state index contributed by atoms with van der Waals surface area (Å²) in [5.74, 6) is 0. The van der Waals surface area contributed by atoms with E-state index in [-0.39, 0.29) is 22.2 Å². The van der Waals surface area contributed by atoms with Crippen LogP contribution < -0.4 is 11.2 Å². The minimum Gasteiger partial charge on any atom is -0.434 e. The van der Waals surface area contributed by atoms with Crippen molar-refractivity contribution in [3.63, 3.8) is 0 Å². The van der Waals surface area contributed by atoms with Gasteiger partial charge in [0.25, 0.3) is 5.56 Å². The van der Waals surface area contributed by atoms with Crippen molar-refractivity contribution in [1.82, 2.24) is 9.55 Å². The number of rotatable bonds is 6. The second-order valence-electron chi connectivity index (χ2n) is 11.6. The Morgan fingerprint density at radius 1 is 1.03 bits per heavy atom. The Kier molecular flexibility index (Phi) is 7.18. The molecule has 0 saturated carbocycles. The third-order valence-electron chi connectivity index (χ3n) is 8.84. The Balaban J connectivity index is 2.35. The largest absolute Gasteiger partial charge is 0.434 e. The van der Waals surface area contributed by atoms with Crippen LogP contribution in [0.5, 0.6) is 0 Å². The molecule has 8 nitrogen and oxygen atoms in total. The van der Waals surface area contributed by atoms with Gasteiger partial charge in [-0.2, -0.15) is 0 Å². The molecule has 2 aliphatic rings. The highest BCUT2D eigenvalue weighted by Gasteiger charge is 2.77. The first-order valence-corrected chi connectivity index (χ1v) is 16.5. The van der Waals surface area contributed by atoms with Crippen LogP contribution >= 0.6 is 0 Å². The van der Waals surface area contributed by atoms with Gasteiger partial charge in [-0.1, -0.05) is 62.3 Å². The van der Waals surface area contributed by atoms with Crippen molar-refractivity contribution in [2.75, 3.05) is 6.61 Å². The van der Waals surface area contributed by atoms with Crippen LogP contribution in [-0.2, 0) is 18.1 Å². The molecule has 192 valence electrons. The van der Waals surface area contributed by atoms with Crippen molar-refractivity contribution >= 4 is 23.2 Å². The van der Waals surface area contributed by atoms with E-state index in [9.17, 15) is 14.4 Å². The summed E-state index contributed by atoms with van der Waals surface area (Å²) in [6.45, 7) is 21.8. The predicted molar refractivity (Wildman–Crippen MR) is 137 cm³/mol. The molecule has 0 aliphatic carbocycles. The zero-order valence-electron chi connectivity index (χ0n) is 22.3. The molecular formula is C24H42N2O6Si2. The number of carbonyl (C=O) groups is 1. The van der Waals surface area contributed by atoms with Crippen LogP contribution in [0, 0.1) is 5.41 Å². The Hall–Kier alpha value is -1.34. The number of nitrogens with zero attached hydrogens (tertiary/aromatic N) is 1. The Bertz CT molecular complexity index is 1020. The van der Waals surface area contributed by atoms with Crippen LogP contribution in [0.2, 0.25) is 27.2 Å². The second kappa shape index (κ2) is 8.95. The standard InChI is InChI=1S/C24H42N2O6Si2/c1-15(2)33(16(3)4)24(10)19(13-30-34(32-33,17(5)6)18(7)8)31-21(23(24,9)14-27)26-12-11-20(28)25-22(26)29/h11-12,14-19,21H,13H2,1-10H3,(H,25,28,29)/t19-,21-,23+,24+/m1/s1. The minimum atomic E-state index is -2.87. The van der Waals surface area contributed by atoms with Crippen LogP contribution in [0.4, 0.5) is 0 Å². The Morgan fingerprint density at radius 3 is 2.03 bits per heavy atom. The molecular weight excluding hydrogens is 468 g/mol. The average Bonchev–Trinajstić information content (AvgIpc) is 2.87. The molecule has 2 aliphatic heterocycles. The molecule has 10 heteroatoms. The summed E-state index contributed by atoms with van der Waals surface area (Å²) in [5.41, 5.74) is -1.39. The van der Waals surface area contributed by atoms with Crippen molar-refractivity contribution in [2.24, 2.45) is 5.41 Å².